The summed E-state index contributed by atoms with van der Waals surface area (Å²) < 4.78 is 39.4. The molecule has 2 rings (SSSR count). The summed E-state index contributed by atoms with van der Waals surface area (Å²) in [5.74, 6) is -1.76. The van der Waals surface area contributed by atoms with Crippen LogP contribution in [0.1, 0.15) is 15.9 Å². The van der Waals surface area contributed by atoms with Gasteiger partial charge < -0.3 is 5.11 Å². The van der Waals surface area contributed by atoms with Gasteiger partial charge in [-0.25, -0.2) is 17.6 Å². The van der Waals surface area contributed by atoms with Gasteiger partial charge in [0.1, 0.15) is 10.0 Å². The molecule has 0 fully saturated rings. The van der Waals surface area contributed by atoms with Gasteiger partial charge in [-0.3, -0.25) is 4.72 Å². The van der Waals surface area contributed by atoms with Gasteiger partial charge in [0.15, 0.2) is 0 Å². The van der Waals surface area contributed by atoms with E-state index < -0.39 is 21.8 Å². The monoisotopic (exact) mass is 315 g/mol. The van der Waals surface area contributed by atoms with Crippen molar-refractivity contribution in [1.29, 1.82) is 0 Å². The summed E-state index contributed by atoms with van der Waals surface area (Å²) in [6.45, 7) is 1.63. The zero-order chi connectivity index (χ0) is 14.9. The van der Waals surface area contributed by atoms with E-state index >= 15 is 0 Å². The number of hydrogen-bond acceptors (Lipinski definition) is 4. The van der Waals surface area contributed by atoms with Crippen molar-refractivity contribution in [1.82, 2.24) is 0 Å². The first-order valence-electron chi connectivity index (χ1n) is 5.40. The topological polar surface area (TPSA) is 83.5 Å². The molecule has 20 heavy (non-hydrogen) atoms. The quantitative estimate of drug-likeness (QED) is 0.908. The maximum absolute atomic E-state index is 13.2. The Kier molecular flexibility index (Phi) is 3.78. The van der Waals surface area contributed by atoms with Crippen LogP contribution in [0.4, 0.5) is 10.1 Å². The van der Waals surface area contributed by atoms with Gasteiger partial charge in [-0.2, -0.15) is 0 Å². The SMILES string of the molecule is Cc1cc(F)cc(NS(=O)(=O)c2cc(C(=O)O)cs2)c1. The van der Waals surface area contributed by atoms with Crippen molar-refractivity contribution < 1.29 is 22.7 Å². The molecule has 0 bridgehead atoms. The lowest BCUT2D eigenvalue weighted by molar-refractivity contribution is 0.0697. The van der Waals surface area contributed by atoms with Crippen LogP contribution in [0.15, 0.2) is 33.9 Å². The van der Waals surface area contributed by atoms with E-state index in [1.165, 1.54) is 17.5 Å². The fourth-order valence-corrected chi connectivity index (χ4v) is 3.76. The fourth-order valence-electron chi connectivity index (χ4n) is 1.57. The molecule has 0 amide bonds. The maximum atomic E-state index is 13.2. The summed E-state index contributed by atoms with van der Waals surface area (Å²) in [6, 6.07) is 4.86. The molecule has 0 unspecified atom stereocenters. The van der Waals surface area contributed by atoms with Gasteiger partial charge in [0, 0.05) is 5.38 Å². The molecule has 0 saturated heterocycles. The molecular weight excluding hydrogens is 305 g/mol. The summed E-state index contributed by atoms with van der Waals surface area (Å²) in [7, 11) is -3.92. The number of halogens is 1. The van der Waals surface area contributed by atoms with E-state index in [2.05, 4.69) is 4.72 Å². The normalized spacial score (nSPS) is 11.3. The van der Waals surface area contributed by atoms with Crippen LogP contribution < -0.4 is 4.72 Å². The molecule has 8 heteroatoms. The van der Waals surface area contributed by atoms with E-state index in [0.29, 0.717) is 5.56 Å². The second-order valence-electron chi connectivity index (χ2n) is 4.08. The Morgan fingerprint density at radius 3 is 2.55 bits per heavy atom. The Morgan fingerprint density at radius 1 is 1.30 bits per heavy atom. The predicted molar refractivity (Wildman–Crippen MR) is 73.2 cm³/mol. The predicted octanol–water partition coefficient (Wildman–Crippen LogP) is 2.69. The zero-order valence-electron chi connectivity index (χ0n) is 10.3. The minimum Gasteiger partial charge on any atom is -0.478 e. The molecule has 2 N–H and O–H groups in total. The van der Waals surface area contributed by atoms with Crippen molar-refractivity contribution in [3.8, 4) is 0 Å². The highest BCUT2D eigenvalue weighted by Crippen LogP contribution is 2.24. The van der Waals surface area contributed by atoms with Crippen molar-refractivity contribution in [3.05, 3.63) is 46.6 Å². The summed E-state index contributed by atoms with van der Waals surface area (Å²) >= 11 is 0.787. The van der Waals surface area contributed by atoms with Gasteiger partial charge in [0.2, 0.25) is 0 Å². The number of anilines is 1. The van der Waals surface area contributed by atoms with E-state index in [0.717, 1.165) is 23.5 Å². The number of rotatable bonds is 4. The number of carbonyl (C=O) groups is 1. The second-order valence-corrected chi connectivity index (χ2v) is 6.90. The van der Waals surface area contributed by atoms with Gasteiger partial charge in [0.05, 0.1) is 11.3 Å². The molecule has 5 nitrogen and oxygen atoms in total. The van der Waals surface area contributed by atoms with Gasteiger partial charge >= 0.3 is 5.97 Å². The number of aryl methyl sites for hydroxylation is 1. The molecule has 0 spiro atoms. The Hall–Kier alpha value is -1.93. The molecule has 0 aliphatic rings. The number of benzene rings is 1. The third-order valence-corrected chi connectivity index (χ3v) is 5.20. The van der Waals surface area contributed by atoms with Crippen molar-refractivity contribution in [2.24, 2.45) is 0 Å². The van der Waals surface area contributed by atoms with E-state index in [1.807, 2.05) is 0 Å². The number of carboxylic acids is 1. The Labute approximate surface area is 118 Å². The first kappa shape index (κ1) is 14.5. The van der Waals surface area contributed by atoms with Gasteiger partial charge in [-0.1, -0.05) is 0 Å². The van der Waals surface area contributed by atoms with Crippen LogP contribution in [-0.2, 0) is 10.0 Å². The van der Waals surface area contributed by atoms with E-state index in [1.54, 1.807) is 6.92 Å². The van der Waals surface area contributed by atoms with Gasteiger partial charge in [-0.05, 0) is 36.8 Å². The number of sulfonamides is 1. The number of thiophene rings is 1. The molecule has 0 aliphatic carbocycles. The molecule has 2 aromatic rings. The van der Waals surface area contributed by atoms with Gasteiger partial charge in [0.25, 0.3) is 10.0 Å². The Balaban J connectivity index is 2.32. The third-order valence-electron chi connectivity index (χ3n) is 2.38. The minimum absolute atomic E-state index is 0.0905. The van der Waals surface area contributed by atoms with Crippen molar-refractivity contribution in [2.75, 3.05) is 4.72 Å². The summed E-state index contributed by atoms with van der Waals surface area (Å²) in [6.07, 6.45) is 0. The average molecular weight is 315 g/mol. The lowest BCUT2D eigenvalue weighted by Gasteiger charge is -2.07. The van der Waals surface area contributed by atoms with Crippen LogP contribution in [0.2, 0.25) is 0 Å². The van der Waals surface area contributed by atoms with Crippen LogP contribution in [-0.4, -0.2) is 19.5 Å². The van der Waals surface area contributed by atoms with Crippen molar-refractivity contribution in [3.63, 3.8) is 0 Å². The largest absolute Gasteiger partial charge is 0.478 e. The molecule has 0 saturated carbocycles. The first-order chi connectivity index (χ1) is 9.28. The molecular formula is C12H10FNO4S2. The molecule has 0 atom stereocenters. The summed E-state index contributed by atoms with van der Waals surface area (Å²) in [5.41, 5.74) is 0.554. The minimum atomic E-state index is -3.92. The summed E-state index contributed by atoms with van der Waals surface area (Å²) in [4.78, 5) is 10.7. The molecule has 1 aromatic heterocycles. The lowest BCUT2D eigenvalue weighted by atomic mass is 10.2. The Bertz CT molecular complexity index is 747. The molecule has 0 aliphatic heterocycles. The summed E-state index contributed by atoms with van der Waals surface area (Å²) in [5, 5.41) is 10.00. The smallest absolute Gasteiger partial charge is 0.336 e. The van der Waals surface area contributed by atoms with Crippen molar-refractivity contribution >= 4 is 33.0 Å². The van der Waals surface area contributed by atoms with Crippen LogP contribution >= 0.6 is 11.3 Å². The Morgan fingerprint density at radius 2 is 2.00 bits per heavy atom. The third kappa shape index (κ3) is 3.14. The second kappa shape index (κ2) is 5.22. The fraction of sp³-hybridized carbons (Fsp3) is 0.0833. The van der Waals surface area contributed by atoms with Crippen LogP contribution in [0.5, 0.6) is 0 Å². The van der Waals surface area contributed by atoms with E-state index in [9.17, 15) is 17.6 Å². The number of aromatic carboxylic acids is 1. The highest BCUT2D eigenvalue weighted by molar-refractivity contribution is 7.94. The number of nitrogens with one attached hydrogen (secondary N) is 1. The molecule has 0 radical (unpaired) electrons. The van der Waals surface area contributed by atoms with Crippen LogP contribution in [0.25, 0.3) is 0 Å². The molecule has 106 valence electrons. The molecule has 1 aromatic carbocycles. The number of hydrogen-bond donors (Lipinski definition) is 2. The average Bonchev–Trinajstić information content (AvgIpc) is 2.76. The molecule has 1 heterocycles. The maximum Gasteiger partial charge on any atom is 0.336 e. The standard InChI is InChI=1S/C12H10FNO4S2/c1-7-2-9(13)5-10(3-7)14-20(17,18)11-4-8(6-19-11)12(15)16/h2-6,14H,1H3,(H,15,16). The van der Waals surface area contributed by atoms with Gasteiger partial charge in [-0.15, -0.1) is 11.3 Å². The zero-order valence-corrected chi connectivity index (χ0v) is 11.9. The lowest BCUT2D eigenvalue weighted by Crippen LogP contribution is -2.12. The highest BCUT2D eigenvalue weighted by Gasteiger charge is 2.19. The van der Waals surface area contributed by atoms with Crippen molar-refractivity contribution in [2.45, 2.75) is 11.1 Å². The number of carboxylic acid groups (broad SMARTS) is 1. The van der Waals surface area contributed by atoms with E-state index in [4.69, 9.17) is 5.11 Å². The highest BCUT2D eigenvalue weighted by atomic mass is 32.2. The first-order valence-corrected chi connectivity index (χ1v) is 7.76. The van der Waals surface area contributed by atoms with Crippen LogP contribution in [0, 0.1) is 12.7 Å². The van der Waals surface area contributed by atoms with E-state index in [-0.39, 0.29) is 15.5 Å². The van der Waals surface area contributed by atoms with Crippen LogP contribution in [0.3, 0.4) is 0 Å².